The molecule has 0 unspecified atom stereocenters. The van der Waals surface area contributed by atoms with Gasteiger partial charge in [-0.05, 0) is 48.2 Å². The van der Waals surface area contributed by atoms with Gasteiger partial charge in [-0.2, -0.15) is 0 Å². The molecule has 2 aromatic carbocycles. The smallest absolute Gasteiger partial charge is 0.195 e. The molecule has 1 heterocycles. The highest BCUT2D eigenvalue weighted by Gasteiger charge is 2.47. The van der Waals surface area contributed by atoms with E-state index in [4.69, 9.17) is 9.84 Å². The zero-order valence-electron chi connectivity index (χ0n) is 17.5. The van der Waals surface area contributed by atoms with E-state index in [0.717, 1.165) is 64.5 Å². The van der Waals surface area contributed by atoms with Crippen molar-refractivity contribution in [2.24, 2.45) is 4.99 Å². The minimum atomic E-state index is -0.931. The molecule has 6 heteroatoms. The molecule has 3 aromatic rings. The van der Waals surface area contributed by atoms with Crippen LogP contribution in [0.3, 0.4) is 0 Å². The maximum Gasteiger partial charge on any atom is 0.195 e. The number of H-pyrrole nitrogens is 1. The summed E-state index contributed by atoms with van der Waals surface area (Å²) in [5, 5.41) is 19.6. The second kappa shape index (κ2) is 7.62. The summed E-state index contributed by atoms with van der Waals surface area (Å²) in [4.78, 5) is 21.3. The van der Waals surface area contributed by atoms with Crippen LogP contribution < -0.4 is 4.74 Å². The van der Waals surface area contributed by atoms with Gasteiger partial charge in [-0.25, -0.2) is 0 Å². The fourth-order valence-electron chi connectivity index (χ4n) is 5.26. The third-order valence-corrected chi connectivity index (χ3v) is 6.67. The Morgan fingerprint density at radius 3 is 2.77 bits per heavy atom. The van der Waals surface area contributed by atoms with Gasteiger partial charge in [-0.3, -0.25) is 9.79 Å². The van der Waals surface area contributed by atoms with Gasteiger partial charge in [0.25, 0.3) is 0 Å². The molecule has 160 valence electrons. The molecule has 1 saturated carbocycles. The number of aliphatic hydroxyl groups is 2. The number of hydrogen-bond donors (Lipinski definition) is 3. The number of ether oxygens (including phenoxy) is 1. The molecule has 0 radical (unpaired) electrons. The molecule has 31 heavy (non-hydrogen) atoms. The van der Waals surface area contributed by atoms with Crippen LogP contribution in [0.5, 0.6) is 5.75 Å². The van der Waals surface area contributed by atoms with Crippen molar-refractivity contribution < 1.29 is 19.7 Å². The van der Waals surface area contributed by atoms with Gasteiger partial charge in [-0.15, -0.1) is 0 Å². The van der Waals surface area contributed by atoms with E-state index in [1.54, 1.807) is 13.1 Å². The van der Waals surface area contributed by atoms with Crippen LogP contribution in [-0.4, -0.2) is 53.6 Å². The zero-order valence-corrected chi connectivity index (χ0v) is 17.5. The number of benzene rings is 2. The van der Waals surface area contributed by atoms with Crippen molar-refractivity contribution in [2.75, 3.05) is 20.3 Å². The first kappa shape index (κ1) is 20.0. The lowest BCUT2D eigenvalue weighted by Crippen LogP contribution is -2.33. The number of rotatable bonds is 5. The van der Waals surface area contributed by atoms with Crippen LogP contribution in [0, 0.1) is 0 Å². The summed E-state index contributed by atoms with van der Waals surface area (Å²) in [6.07, 6.45) is 5.03. The maximum atomic E-state index is 13.6. The average Bonchev–Trinajstić information content (AvgIpc) is 3.42. The molecule has 0 saturated heterocycles. The fraction of sp³-hybridized carbons (Fsp3) is 0.360. The highest BCUT2D eigenvalue weighted by Crippen LogP contribution is 2.53. The third-order valence-electron chi connectivity index (χ3n) is 6.67. The summed E-state index contributed by atoms with van der Waals surface area (Å²) in [5.41, 5.74) is 5.23. The average molecular weight is 418 g/mol. The Hall–Kier alpha value is -2.96. The predicted octanol–water partition coefficient (Wildman–Crippen LogP) is 3.35. The van der Waals surface area contributed by atoms with Crippen LogP contribution in [0.4, 0.5) is 0 Å². The lowest BCUT2D eigenvalue weighted by Gasteiger charge is -2.35. The van der Waals surface area contributed by atoms with Gasteiger partial charge in [0, 0.05) is 40.8 Å². The second-order valence-electron chi connectivity index (χ2n) is 8.54. The largest absolute Gasteiger partial charge is 0.491 e. The van der Waals surface area contributed by atoms with E-state index in [-0.39, 0.29) is 24.4 Å². The van der Waals surface area contributed by atoms with Gasteiger partial charge in [-0.1, -0.05) is 25.0 Å². The predicted molar refractivity (Wildman–Crippen MR) is 120 cm³/mol. The number of aliphatic imine (C=N–C) groups is 1. The Balaban J connectivity index is 1.66. The SMILES string of the molecule is CN=Cc1ccc2c3c([nH]c2c1)C1(CCCC1)c1cc(OC[C@H](O)CO)ccc1C3=O. The number of ketones is 1. The van der Waals surface area contributed by atoms with Crippen molar-refractivity contribution in [1.82, 2.24) is 4.98 Å². The number of hydrogen-bond acceptors (Lipinski definition) is 5. The zero-order chi connectivity index (χ0) is 21.6. The van der Waals surface area contributed by atoms with Gasteiger partial charge in [0.2, 0.25) is 0 Å². The molecule has 3 N–H and O–H groups in total. The van der Waals surface area contributed by atoms with Crippen molar-refractivity contribution in [2.45, 2.75) is 37.2 Å². The molecule has 2 aliphatic carbocycles. The highest BCUT2D eigenvalue weighted by atomic mass is 16.5. The molecular weight excluding hydrogens is 392 g/mol. The molecule has 0 bridgehead atoms. The highest BCUT2D eigenvalue weighted by molar-refractivity contribution is 6.20. The number of carbonyl (C=O) groups is 1. The third kappa shape index (κ3) is 3.09. The van der Waals surface area contributed by atoms with Crippen molar-refractivity contribution in [3.63, 3.8) is 0 Å². The first-order valence-corrected chi connectivity index (χ1v) is 10.8. The molecule has 5 rings (SSSR count). The standard InChI is InChI=1S/C25H26N2O4/c1-26-12-15-4-6-19-21(10-15)27-24-22(19)23(30)18-7-5-17(31-14-16(29)13-28)11-20(18)25(24)8-2-3-9-25/h4-7,10-12,16,27-29H,2-3,8-9,13-14H2,1H3/t16-/m1/s1. The van der Waals surface area contributed by atoms with Crippen molar-refractivity contribution >= 4 is 22.9 Å². The van der Waals surface area contributed by atoms with Crippen LogP contribution >= 0.6 is 0 Å². The van der Waals surface area contributed by atoms with Gasteiger partial charge < -0.3 is 19.9 Å². The number of nitrogens with zero attached hydrogens (tertiary/aromatic N) is 1. The van der Waals surface area contributed by atoms with Crippen LogP contribution in [0.15, 0.2) is 41.4 Å². The van der Waals surface area contributed by atoms with E-state index in [0.29, 0.717) is 5.75 Å². The fourth-order valence-corrected chi connectivity index (χ4v) is 5.26. The summed E-state index contributed by atoms with van der Waals surface area (Å²) in [6, 6.07) is 11.6. The number of nitrogens with one attached hydrogen (secondary N) is 1. The molecule has 1 aromatic heterocycles. The number of aliphatic hydroxyl groups excluding tert-OH is 2. The van der Waals surface area contributed by atoms with E-state index < -0.39 is 6.10 Å². The lowest BCUT2D eigenvalue weighted by molar-refractivity contribution is 0.0535. The van der Waals surface area contributed by atoms with E-state index in [1.807, 2.05) is 36.5 Å². The van der Waals surface area contributed by atoms with Gasteiger partial charge in [0.15, 0.2) is 5.78 Å². The monoisotopic (exact) mass is 418 g/mol. The van der Waals surface area contributed by atoms with E-state index in [9.17, 15) is 9.90 Å². The number of aromatic amines is 1. The Morgan fingerprint density at radius 1 is 1.23 bits per heavy atom. The summed E-state index contributed by atoms with van der Waals surface area (Å²) in [6.45, 7) is -0.341. The maximum absolute atomic E-state index is 13.6. The topological polar surface area (TPSA) is 94.9 Å². The van der Waals surface area contributed by atoms with Crippen LogP contribution in [-0.2, 0) is 5.41 Å². The van der Waals surface area contributed by atoms with Crippen LogP contribution in [0.25, 0.3) is 10.9 Å². The summed E-state index contributed by atoms with van der Waals surface area (Å²) in [7, 11) is 1.75. The van der Waals surface area contributed by atoms with E-state index >= 15 is 0 Å². The molecule has 0 amide bonds. The van der Waals surface area contributed by atoms with E-state index in [1.165, 1.54) is 0 Å². The molecule has 0 aliphatic heterocycles. The van der Waals surface area contributed by atoms with Crippen molar-refractivity contribution in [3.8, 4) is 5.75 Å². The molecule has 6 nitrogen and oxygen atoms in total. The summed E-state index contributed by atoms with van der Waals surface area (Å²) >= 11 is 0. The lowest BCUT2D eigenvalue weighted by atomic mass is 9.67. The minimum Gasteiger partial charge on any atom is -0.491 e. The Bertz CT molecular complexity index is 1190. The quantitative estimate of drug-likeness (QED) is 0.554. The molecule has 1 atom stereocenters. The molecular formula is C25H26N2O4. The van der Waals surface area contributed by atoms with E-state index in [2.05, 4.69) is 9.98 Å². The minimum absolute atomic E-state index is 0.00955. The Morgan fingerprint density at radius 2 is 2.03 bits per heavy atom. The van der Waals surface area contributed by atoms with Gasteiger partial charge in [0.05, 0.1) is 12.2 Å². The molecule has 2 aliphatic rings. The van der Waals surface area contributed by atoms with Crippen molar-refractivity contribution in [1.29, 1.82) is 0 Å². The molecule has 1 fully saturated rings. The van der Waals surface area contributed by atoms with Crippen molar-refractivity contribution in [3.05, 3.63) is 64.3 Å². The summed E-state index contributed by atoms with van der Waals surface area (Å²) < 4.78 is 5.71. The molecule has 1 spiro atoms. The normalized spacial score (nSPS) is 18.0. The number of carbonyl (C=O) groups excluding carboxylic acids is 1. The second-order valence-corrected chi connectivity index (χ2v) is 8.54. The summed E-state index contributed by atoms with van der Waals surface area (Å²) in [5.74, 6) is 0.638. The van der Waals surface area contributed by atoms with Crippen LogP contribution in [0.1, 0.15) is 58.4 Å². The van der Waals surface area contributed by atoms with Crippen LogP contribution in [0.2, 0.25) is 0 Å². The first-order valence-electron chi connectivity index (χ1n) is 10.8. The number of aromatic nitrogens is 1. The number of fused-ring (bicyclic) bond motifs is 6. The van der Waals surface area contributed by atoms with Gasteiger partial charge >= 0.3 is 0 Å². The Kier molecular flexibility index (Phi) is 4.91. The Labute approximate surface area is 180 Å². The van der Waals surface area contributed by atoms with Gasteiger partial charge in [0.1, 0.15) is 18.5 Å². The first-order chi connectivity index (χ1) is 15.1.